The van der Waals surface area contributed by atoms with E-state index in [1.807, 2.05) is 56.3 Å². The third kappa shape index (κ3) is 7.52. The molecule has 0 atom stereocenters. The summed E-state index contributed by atoms with van der Waals surface area (Å²) in [7, 11) is 2.92. The Kier molecular flexibility index (Phi) is 9.12. The molecule has 2 aromatic carbocycles. The molecule has 0 aliphatic heterocycles. The lowest BCUT2D eigenvalue weighted by Gasteiger charge is -2.10. The van der Waals surface area contributed by atoms with Crippen LogP contribution in [0.3, 0.4) is 0 Å². The average Bonchev–Trinajstić information content (AvgIpc) is 2.76. The van der Waals surface area contributed by atoms with Crippen molar-refractivity contribution in [3.8, 4) is 17.6 Å². The number of hydrogen-bond acceptors (Lipinski definition) is 6. The van der Waals surface area contributed by atoms with Crippen molar-refractivity contribution in [3.05, 3.63) is 65.2 Å². The van der Waals surface area contributed by atoms with Gasteiger partial charge < -0.3 is 19.7 Å². The van der Waals surface area contributed by atoms with Gasteiger partial charge in [-0.15, -0.1) is 0 Å². The van der Waals surface area contributed by atoms with Crippen molar-refractivity contribution in [3.63, 3.8) is 0 Å². The highest BCUT2D eigenvalue weighted by Gasteiger charge is 2.17. The molecule has 1 N–H and O–H groups in total. The van der Waals surface area contributed by atoms with E-state index in [0.717, 1.165) is 16.9 Å². The molecule has 0 aliphatic rings. The van der Waals surface area contributed by atoms with Crippen molar-refractivity contribution in [2.24, 2.45) is 10.3 Å². The largest absolute Gasteiger partial charge is 0.491 e. The van der Waals surface area contributed by atoms with E-state index in [9.17, 15) is 4.79 Å². The second-order valence-corrected chi connectivity index (χ2v) is 6.75. The molecule has 31 heavy (non-hydrogen) atoms. The Morgan fingerprint density at radius 3 is 2.45 bits per heavy atom. The second kappa shape index (κ2) is 12.0. The van der Waals surface area contributed by atoms with E-state index in [1.54, 1.807) is 13.0 Å². The van der Waals surface area contributed by atoms with Gasteiger partial charge in [0.2, 0.25) is 0 Å². The van der Waals surface area contributed by atoms with Crippen molar-refractivity contribution in [2.45, 2.75) is 33.5 Å². The molecule has 0 aromatic heterocycles. The average molecular weight is 421 g/mol. The molecule has 7 heteroatoms. The molecule has 162 valence electrons. The molecule has 0 aliphatic carbocycles. The lowest BCUT2D eigenvalue weighted by Crippen LogP contribution is -2.29. The minimum atomic E-state index is -0.357. The SMILES string of the molecule is CNC(=O)/C(=N/OC)c1ccccc1CO/N=C(\C)C#Cc1ccc(OC(C)C)cc1. The summed E-state index contributed by atoms with van der Waals surface area (Å²) < 4.78 is 5.62. The van der Waals surface area contributed by atoms with Crippen LogP contribution in [0.1, 0.15) is 37.5 Å². The summed E-state index contributed by atoms with van der Waals surface area (Å²) in [5, 5.41) is 10.4. The quantitative estimate of drug-likeness (QED) is 0.402. The lowest BCUT2D eigenvalue weighted by molar-refractivity contribution is -0.114. The summed E-state index contributed by atoms with van der Waals surface area (Å²) in [4.78, 5) is 22.4. The Bertz CT molecular complexity index is 999. The van der Waals surface area contributed by atoms with Gasteiger partial charge in [0, 0.05) is 23.7 Å². The molecule has 0 bridgehead atoms. The molecule has 0 saturated carbocycles. The molecule has 0 fully saturated rings. The smallest absolute Gasteiger partial charge is 0.273 e. The summed E-state index contributed by atoms with van der Waals surface area (Å²) >= 11 is 0. The first-order valence-corrected chi connectivity index (χ1v) is 9.81. The standard InChI is InChI=1S/C24H27N3O4/c1-17(2)31-21-14-12-19(13-15-21)11-10-18(3)26-30-16-20-8-6-7-9-22(20)23(27-29-5)24(28)25-4/h6-9,12-15,17H,16H2,1-5H3,(H,25,28)/b26-18+,27-23+. The van der Waals surface area contributed by atoms with Crippen molar-refractivity contribution < 1.29 is 19.2 Å². The van der Waals surface area contributed by atoms with Gasteiger partial charge in [-0.05, 0) is 51.0 Å². The number of amides is 1. The molecule has 0 unspecified atom stereocenters. The van der Waals surface area contributed by atoms with E-state index >= 15 is 0 Å². The van der Waals surface area contributed by atoms with Gasteiger partial charge in [-0.3, -0.25) is 4.79 Å². The van der Waals surface area contributed by atoms with Crippen LogP contribution in [0.4, 0.5) is 0 Å². The monoisotopic (exact) mass is 421 g/mol. The number of carbonyl (C=O) groups excluding carboxylic acids is 1. The molecule has 0 saturated heterocycles. The molecular weight excluding hydrogens is 394 g/mol. The first kappa shape index (κ1) is 23.5. The van der Waals surface area contributed by atoms with Crippen molar-refractivity contribution in [1.82, 2.24) is 5.32 Å². The number of likely N-dealkylation sites (N-methyl/N-ethyl adjacent to an activating group) is 1. The van der Waals surface area contributed by atoms with Crippen LogP contribution in [-0.2, 0) is 21.1 Å². The van der Waals surface area contributed by atoms with Gasteiger partial charge in [0.25, 0.3) is 5.91 Å². The van der Waals surface area contributed by atoms with E-state index in [0.29, 0.717) is 11.3 Å². The first-order valence-electron chi connectivity index (χ1n) is 9.81. The van der Waals surface area contributed by atoms with Crippen LogP contribution in [0.5, 0.6) is 5.75 Å². The minimum Gasteiger partial charge on any atom is -0.491 e. The van der Waals surface area contributed by atoms with E-state index in [2.05, 4.69) is 27.5 Å². The molecular formula is C24H27N3O4. The highest BCUT2D eigenvalue weighted by atomic mass is 16.6. The normalized spacial score (nSPS) is 11.4. The van der Waals surface area contributed by atoms with Gasteiger partial charge in [0.05, 0.1) is 6.10 Å². The number of hydrogen-bond donors (Lipinski definition) is 1. The van der Waals surface area contributed by atoms with Crippen molar-refractivity contribution >= 4 is 17.3 Å². The first-order chi connectivity index (χ1) is 14.9. The van der Waals surface area contributed by atoms with Crippen LogP contribution < -0.4 is 10.1 Å². The Hall–Kier alpha value is -3.79. The fourth-order valence-electron chi connectivity index (χ4n) is 2.57. The Morgan fingerprint density at radius 2 is 1.81 bits per heavy atom. The Morgan fingerprint density at radius 1 is 1.10 bits per heavy atom. The van der Waals surface area contributed by atoms with Crippen LogP contribution in [0, 0.1) is 11.8 Å². The third-order valence-corrected chi connectivity index (χ3v) is 3.93. The molecule has 0 radical (unpaired) electrons. The zero-order valence-corrected chi connectivity index (χ0v) is 18.4. The maximum absolute atomic E-state index is 12.1. The number of benzene rings is 2. The lowest BCUT2D eigenvalue weighted by atomic mass is 10.0. The number of ether oxygens (including phenoxy) is 1. The summed E-state index contributed by atoms with van der Waals surface area (Å²) in [6, 6.07) is 14.8. The van der Waals surface area contributed by atoms with E-state index in [-0.39, 0.29) is 24.3 Å². The third-order valence-electron chi connectivity index (χ3n) is 3.93. The molecule has 0 spiro atoms. The fourth-order valence-corrected chi connectivity index (χ4v) is 2.57. The number of rotatable bonds is 8. The van der Waals surface area contributed by atoms with Crippen molar-refractivity contribution in [2.75, 3.05) is 14.2 Å². The summed E-state index contributed by atoms with van der Waals surface area (Å²) in [6.45, 7) is 5.87. The summed E-state index contributed by atoms with van der Waals surface area (Å²) in [5.41, 5.74) is 2.88. The van der Waals surface area contributed by atoms with Crippen LogP contribution in [0.25, 0.3) is 0 Å². The van der Waals surface area contributed by atoms with Crippen LogP contribution in [0.2, 0.25) is 0 Å². The predicted molar refractivity (Wildman–Crippen MR) is 121 cm³/mol. The van der Waals surface area contributed by atoms with Crippen LogP contribution >= 0.6 is 0 Å². The minimum absolute atomic E-state index is 0.127. The van der Waals surface area contributed by atoms with Gasteiger partial charge in [-0.2, -0.15) is 0 Å². The number of oxime groups is 2. The van der Waals surface area contributed by atoms with Crippen LogP contribution in [0.15, 0.2) is 58.8 Å². The van der Waals surface area contributed by atoms with Gasteiger partial charge in [-0.25, -0.2) is 0 Å². The van der Waals surface area contributed by atoms with E-state index in [1.165, 1.54) is 14.2 Å². The molecule has 2 rings (SSSR count). The second-order valence-electron chi connectivity index (χ2n) is 6.75. The Labute approximate surface area is 183 Å². The van der Waals surface area contributed by atoms with Gasteiger partial charge in [-0.1, -0.05) is 40.5 Å². The van der Waals surface area contributed by atoms with Crippen LogP contribution in [-0.4, -0.2) is 37.6 Å². The van der Waals surface area contributed by atoms with Gasteiger partial charge >= 0.3 is 0 Å². The van der Waals surface area contributed by atoms with E-state index in [4.69, 9.17) is 14.4 Å². The number of carbonyl (C=O) groups is 1. The highest BCUT2D eigenvalue weighted by molar-refractivity contribution is 6.45. The number of nitrogens with one attached hydrogen (secondary N) is 1. The van der Waals surface area contributed by atoms with Gasteiger partial charge in [0.1, 0.15) is 25.2 Å². The van der Waals surface area contributed by atoms with Crippen molar-refractivity contribution in [1.29, 1.82) is 0 Å². The zero-order valence-electron chi connectivity index (χ0n) is 18.4. The van der Waals surface area contributed by atoms with E-state index < -0.39 is 0 Å². The maximum Gasteiger partial charge on any atom is 0.273 e. The number of nitrogens with zero attached hydrogens (tertiary/aromatic N) is 2. The Balaban J connectivity index is 2.06. The predicted octanol–water partition coefficient (Wildman–Crippen LogP) is 3.51. The molecule has 0 heterocycles. The maximum atomic E-state index is 12.1. The van der Waals surface area contributed by atoms with Gasteiger partial charge in [0.15, 0.2) is 5.71 Å². The molecule has 1 amide bonds. The topological polar surface area (TPSA) is 81.5 Å². The molecule has 7 nitrogen and oxygen atoms in total. The summed E-state index contributed by atoms with van der Waals surface area (Å²) in [5.74, 6) is 6.44. The molecule has 2 aromatic rings. The summed E-state index contributed by atoms with van der Waals surface area (Å²) in [6.07, 6.45) is 0.127. The fraction of sp³-hybridized carbons (Fsp3) is 0.292. The highest BCUT2D eigenvalue weighted by Crippen LogP contribution is 2.14. The zero-order chi connectivity index (χ0) is 22.6.